The normalized spacial score (nSPS) is 19.9. The second-order valence-electron chi connectivity index (χ2n) is 4.52. The van der Waals surface area contributed by atoms with Gasteiger partial charge in [0.15, 0.2) is 0 Å². The number of hydrogen-bond acceptors (Lipinski definition) is 3. The van der Waals surface area contributed by atoms with E-state index in [9.17, 15) is 0 Å². The fourth-order valence-corrected chi connectivity index (χ4v) is 2.27. The van der Waals surface area contributed by atoms with Gasteiger partial charge in [0.25, 0.3) is 0 Å². The highest BCUT2D eigenvalue weighted by atomic mass is 16.5. The van der Waals surface area contributed by atoms with E-state index < -0.39 is 0 Å². The van der Waals surface area contributed by atoms with E-state index in [2.05, 4.69) is 18.2 Å². The van der Waals surface area contributed by atoms with Crippen LogP contribution < -0.4 is 5.73 Å². The lowest BCUT2D eigenvalue weighted by molar-refractivity contribution is 0.0585. The number of aromatic nitrogens is 2. The molecule has 0 radical (unpaired) electrons. The molecule has 0 spiro atoms. The van der Waals surface area contributed by atoms with Gasteiger partial charge in [-0.3, -0.25) is 4.68 Å². The Morgan fingerprint density at radius 3 is 2.94 bits per heavy atom. The second kappa shape index (κ2) is 5.46. The van der Waals surface area contributed by atoms with Crippen LogP contribution in [0.4, 0.5) is 0 Å². The highest BCUT2D eigenvalue weighted by Gasteiger charge is 2.21. The Kier molecular flexibility index (Phi) is 3.96. The van der Waals surface area contributed by atoms with Crippen molar-refractivity contribution in [3.63, 3.8) is 0 Å². The van der Waals surface area contributed by atoms with E-state index in [4.69, 9.17) is 10.5 Å². The first kappa shape index (κ1) is 11.6. The summed E-state index contributed by atoms with van der Waals surface area (Å²) in [6.07, 6.45) is 7.17. The van der Waals surface area contributed by atoms with Crippen molar-refractivity contribution in [1.82, 2.24) is 9.78 Å². The summed E-state index contributed by atoms with van der Waals surface area (Å²) in [6, 6.07) is 0.249. The molecule has 1 saturated heterocycles. The molecule has 90 valence electrons. The zero-order chi connectivity index (χ0) is 11.4. The van der Waals surface area contributed by atoms with E-state index in [1.165, 1.54) is 5.56 Å². The topological polar surface area (TPSA) is 53.1 Å². The fourth-order valence-electron chi connectivity index (χ4n) is 2.27. The Labute approximate surface area is 96.8 Å². The van der Waals surface area contributed by atoms with Gasteiger partial charge in [0.2, 0.25) is 0 Å². The van der Waals surface area contributed by atoms with Crippen LogP contribution in [0.5, 0.6) is 0 Å². The van der Waals surface area contributed by atoms with Gasteiger partial charge in [-0.05, 0) is 37.7 Å². The summed E-state index contributed by atoms with van der Waals surface area (Å²) in [4.78, 5) is 0. The Morgan fingerprint density at radius 2 is 2.31 bits per heavy atom. The fraction of sp³-hybridized carbons (Fsp3) is 0.750. The lowest BCUT2D eigenvalue weighted by atomic mass is 9.89. The molecule has 1 aromatic heterocycles. The molecule has 1 unspecified atom stereocenters. The van der Waals surface area contributed by atoms with E-state index in [-0.39, 0.29) is 6.04 Å². The van der Waals surface area contributed by atoms with Crippen LogP contribution in [0.25, 0.3) is 0 Å². The zero-order valence-electron chi connectivity index (χ0n) is 9.93. The lowest BCUT2D eigenvalue weighted by Gasteiger charge is -2.27. The summed E-state index contributed by atoms with van der Waals surface area (Å²) in [5.41, 5.74) is 7.49. The number of hydrogen-bond donors (Lipinski definition) is 1. The van der Waals surface area contributed by atoms with Gasteiger partial charge < -0.3 is 10.5 Å². The van der Waals surface area contributed by atoms with Gasteiger partial charge in [0.05, 0.1) is 6.20 Å². The molecule has 16 heavy (non-hydrogen) atoms. The molecule has 2 heterocycles. The number of aryl methyl sites for hydroxylation is 1. The van der Waals surface area contributed by atoms with Crippen LogP contribution in [0.2, 0.25) is 0 Å². The van der Waals surface area contributed by atoms with Gasteiger partial charge in [-0.25, -0.2) is 0 Å². The van der Waals surface area contributed by atoms with Crippen LogP contribution in [0.15, 0.2) is 12.4 Å². The zero-order valence-corrected chi connectivity index (χ0v) is 9.93. The van der Waals surface area contributed by atoms with Crippen molar-refractivity contribution < 1.29 is 4.74 Å². The third-order valence-corrected chi connectivity index (χ3v) is 3.35. The first-order chi connectivity index (χ1) is 7.79. The second-order valence-corrected chi connectivity index (χ2v) is 4.52. The molecule has 0 bridgehead atoms. The average Bonchev–Trinajstić information content (AvgIpc) is 2.78. The molecule has 0 aromatic carbocycles. The Balaban J connectivity index is 1.87. The molecule has 0 amide bonds. The van der Waals surface area contributed by atoms with Crippen LogP contribution in [-0.4, -0.2) is 29.0 Å². The van der Waals surface area contributed by atoms with Gasteiger partial charge in [-0.2, -0.15) is 5.10 Å². The number of nitrogens with zero attached hydrogens (tertiary/aromatic N) is 2. The van der Waals surface area contributed by atoms with E-state index >= 15 is 0 Å². The van der Waals surface area contributed by atoms with Crippen LogP contribution >= 0.6 is 0 Å². The van der Waals surface area contributed by atoms with Crippen molar-refractivity contribution in [3.05, 3.63) is 18.0 Å². The lowest BCUT2D eigenvalue weighted by Crippen LogP contribution is -2.35. The third kappa shape index (κ3) is 2.83. The third-order valence-electron chi connectivity index (χ3n) is 3.35. The molecule has 1 fully saturated rings. The van der Waals surface area contributed by atoms with Crippen LogP contribution in [0, 0.1) is 5.92 Å². The maximum absolute atomic E-state index is 6.24. The maximum atomic E-state index is 6.24. The van der Waals surface area contributed by atoms with E-state index in [0.29, 0.717) is 5.92 Å². The predicted octanol–water partition coefficient (Wildman–Crippen LogP) is 1.20. The summed E-state index contributed by atoms with van der Waals surface area (Å²) in [6.45, 7) is 4.75. The maximum Gasteiger partial charge on any atom is 0.0522 e. The number of ether oxygens (including phenoxy) is 1. The minimum Gasteiger partial charge on any atom is -0.381 e. The summed E-state index contributed by atoms with van der Waals surface area (Å²) in [5, 5.41) is 4.27. The van der Waals surface area contributed by atoms with Gasteiger partial charge in [0, 0.05) is 32.0 Å². The predicted molar refractivity (Wildman–Crippen MR) is 63.1 cm³/mol. The summed E-state index contributed by atoms with van der Waals surface area (Å²) in [5.74, 6) is 0.610. The Bertz CT molecular complexity index is 318. The highest BCUT2D eigenvalue weighted by Crippen LogP contribution is 2.19. The van der Waals surface area contributed by atoms with Crippen LogP contribution in [0.1, 0.15) is 25.3 Å². The van der Waals surface area contributed by atoms with Crippen molar-refractivity contribution in [2.24, 2.45) is 11.7 Å². The smallest absolute Gasteiger partial charge is 0.0522 e. The number of rotatable bonds is 4. The van der Waals surface area contributed by atoms with Crippen molar-refractivity contribution in [3.8, 4) is 0 Å². The first-order valence-corrected chi connectivity index (χ1v) is 6.14. The standard InChI is InChI=1S/C12H21N3O/c1-2-15-9-10(8-14-15)7-12(13)11-3-5-16-6-4-11/h8-9,11-12H,2-7,13H2,1H3. The molecule has 0 saturated carbocycles. The van der Waals surface area contributed by atoms with Crippen molar-refractivity contribution >= 4 is 0 Å². The summed E-state index contributed by atoms with van der Waals surface area (Å²) >= 11 is 0. The SMILES string of the molecule is CCn1cc(CC(N)C2CCOCC2)cn1. The molecule has 1 aromatic rings. The molecular weight excluding hydrogens is 202 g/mol. The van der Waals surface area contributed by atoms with Crippen molar-refractivity contribution in [1.29, 1.82) is 0 Å². The van der Waals surface area contributed by atoms with Crippen molar-refractivity contribution in [2.45, 2.75) is 38.8 Å². The minimum absolute atomic E-state index is 0.249. The molecular formula is C12H21N3O. The summed E-state index contributed by atoms with van der Waals surface area (Å²) < 4.78 is 7.30. The average molecular weight is 223 g/mol. The van der Waals surface area contributed by atoms with Gasteiger partial charge in [-0.1, -0.05) is 0 Å². The van der Waals surface area contributed by atoms with E-state index in [0.717, 1.165) is 39.0 Å². The van der Waals surface area contributed by atoms with E-state index in [1.54, 1.807) is 0 Å². The van der Waals surface area contributed by atoms with Gasteiger partial charge in [-0.15, -0.1) is 0 Å². The largest absolute Gasteiger partial charge is 0.381 e. The minimum atomic E-state index is 0.249. The van der Waals surface area contributed by atoms with Gasteiger partial charge >= 0.3 is 0 Å². The molecule has 1 atom stereocenters. The van der Waals surface area contributed by atoms with E-state index in [1.807, 2.05) is 10.9 Å². The molecule has 2 N–H and O–H groups in total. The van der Waals surface area contributed by atoms with Crippen molar-refractivity contribution in [2.75, 3.05) is 13.2 Å². The molecule has 1 aliphatic heterocycles. The first-order valence-electron chi connectivity index (χ1n) is 6.14. The summed E-state index contributed by atoms with van der Waals surface area (Å²) in [7, 11) is 0. The molecule has 1 aliphatic rings. The molecule has 0 aliphatic carbocycles. The molecule has 4 nitrogen and oxygen atoms in total. The molecule has 4 heteroatoms. The van der Waals surface area contributed by atoms with Crippen LogP contribution in [-0.2, 0) is 17.7 Å². The number of nitrogens with two attached hydrogens (primary N) is 1. The monoisotopic (exact) mass is 223 g/mol. The Hall–Kier alpha value is -0.870. The highest BCUT2D eigenvalue weighted by molar-refractivity contribution is 5.06. The van der Waals surface area contributed by atoms with Gasteiger partial charge in [0.1, 0.15) is 0 Å². The quantitative estimate of drug-likeness (QED) is 0.834. The molecule has 2 rings (SSSR count). The Morgan fingerprint density at radius 1 is 1.56 bits per heavy atom. The van der Waals surface area contributed by atoms with Crippen LogP contribution in [0.3, 0.4) is 0 Å².